The maximum atomic E-state index is 11.9. The van der Waals surface area contributed by atoms with E-state index in [9.17, 15) is 9.59 Å². The van der Waals surface area contributed by atoms with Crippen molar-refractivity contribution in [1.82, 2.24) is 4.90 Å². The Balaban J connectivity index is 1.81. The van der Waals surface area contributed by atoms with E-state index >= 15 is 0 Å². The van der Waals surface area contributed by atoms with Gasteiger partial charge in [-0.2, -0.15) is 0 Å². The van der Waals surface area contributed by atoms with Crippen molar-refractivity contribution in [2.75, 3.05) is 6.73 Å². The third-order valence-corrected chi connectivity index (χ3v) is 3.80. The Labute approximate surface area is 102 Å². The third-order valence-electron chi connectivity index (χ3n) is 3.80. The fourth-order valence-corrected chi connectivity index (χ4v) is 2.82. The average molecular weight is 239 g/mol. The van der Waals surface area contributed by atoms with Gasteiger partial charge in [0.05, 0.1) is 5.92 Å². The molecule has 0 aromatic carbocycles. The summed E-state index contributed by atoms with van der Waals surface area (Å²) in [5.74, 6) is 0.195. The quantitative estimate of drug-likeness (QED) is 0.557. The molecule has 1 amide bonds. The van der Waals surface area contributed by atoms with E-state index in [1.54, 1.807) is 4.90 Å². The predicted octanol–water partition coefficient (Wildman–Crippen LogP) is 2.08. The minimum absolute atomic E-state index is 0.166. The van der Waals surface area contributed by atoms with Crippen LogP contribution in [0.3, 0.4) is 0 Å². The summed E-state index contributed by atoms with van der Waals surface area (Å²) < 4.78 is 5.11. The van der Waals surface area contributed by atoms with E-state index in [0.717, 1.165) is 25.7 Å². The van der Waals surface area contributed by atoms with Crippen LogP contribution < -0.4 is 0 Å². The minimum Gasteiger partial charge on any atom is -0.444 e. The van der Waals surface area contributed by atoms with E-state index in [-0.39, 0.29) is 24.5 Å². The average Bonchev–Trinajstić information content (AvgIpc) is 2.52. The zero-order valence-electron chi connectivity index (χ0n) is 10.5. The van der Waals surface area contributed by atoms with Crippen LogP contribution in [0, 0.1) is 5.92 Å². The lowest BCUT2D eigenvalue weighted by atomic mass is 9.84. The lowest BCUT2D eigenvalue weighted by molar-refractivity contribution is -0.173. The summed E-state index contributed by atoms with van der Waals surface area (Å²) >= 11 is 0. The van der Waals surface area contributed by atoms with Gasteiger partial charge in [-0.25, -0.2) is 0 Å². The van der Waals surface area contributed by atoms with Crippen LogP contribution in [-0.4, -0.2) is 29.5 Å². The van der Waals surface area contributed by atoms with Crippen LogP contribution in [0.2, 0.25) is 0 Å². The van der Waals surface area contributed by atoms with Crippen LogP contribution in [0.15, 0.2) is 0 Å². The standard InChI is InChI=1S/C13H21NO3/c1-2-6-12(15)17-9-14-11-8-5-3-4-7-10(11)13(14)16/h10-11H,2-9H2,1H3/t10-,11+/m1/s1. The number of carbonyl (C=O) groups excluding carboxylic acids is 2. The number of hydrogen-bond acceptors (Lipinski definition) is 3. The van der Waals surface area contributed by atoms with Gasteiger partial charge in [-0.15, -0.1) is 0 Å². The normalized spacial score (nSPS) is 28.1. The number of ether oxygens (including phenoxy) is 1. The molecular weight excluding hydrogens is 218 g/mol. The summed E-state index contributed by atoms with van der Waals surface area (Å²) in [5.41, 5.74) is 0. The first-order chi connectivity index (χ1) is 8.24. The molecular formula is C13H21NO3. The number of carbonyl (C=O) groups is 2. The Kier molecular flexibility index (Phi) is 4.02. The van der Waals surface area contributed by atoms with Crippen molar-refractivity contribution in [3.05, 3.63) is 0 Å². The largest absolute Gasteiger partial charge is 0.444 e. The second kappa shape index (κ2) is 5.52. The molecule has 17 heavy (non-hydrogen) atoms. The van der Waals surface area contributed by atoms with Crippen LogP contribution in [0.1, 0.15) is 51.9 Å². The number of nitrogens with zero attached hydrogens (tertiary/aromatic N) is 1. The monoisotopic (exact) mass is 239 g/mol. The van der Waals surface area contributed by atoms with Crippen molar-refractivity contribution in [2.45, 2.75) is 57.9 Å². The van der Waals surface area contributed by atoms with E-state index < -0.39 is 0 Å². The van der Waals surface area contributed by atoms with Gasteiger partial charge in [-0.05, 0) is 19.3 Å². The van der Waals surface area contributed by atoms with E-state index in [2.05, 4.69) is 0 Å². The lowest BCUT2D eigenvalue weighted by Crippen LogP contribution is -2.61. The lowest BCUT2D eigenvalue weighted by Gasteiger charge is -2.46. The number of likely N-dealkylation sites (tertiary alicyclic amines) is 1. The van der Waals surface area contributed by atoms with Crippen molar-refractivity contribution in [3.63, 3.8) is 0 Å². The molecule has 1 heterocycles. The number of esters is 1. The molecule has 2 fully saturated rings. The van der Waals surface area contributed by atoms with Gasteiger partial charge in [-0.1, -0.05) is 26.2 Å². The summed E-state index contributed by atoms with van der Waals surface area (Å²) in [6, 6.07) is 0.333. The highest BCUT2D eigenvalue weighted by atomic mass is 16.5. The fourth-order valence-electron chi connectivity index (χ4n) is 2.82. The summed E-state index contributed by atoms with van der Waals surface area (Å²) in [6.07, 6.45) is 6.90. The topological polar surface area (TPSA) is 46.6 Å². The maximum absolute atomic E-state index is 11.9. The molecule has 0 N–H and O–H groups in total. The third kappa shape index (κ3) is 2.61. The van der Waals surface area contributed by atoms with Gasteiger partial charge in [0, 0.05) is 12.5 Å². The van der Waals surface area contributed by atoms with E-state index in [0.29, 0.717) is 12.5 Å². The van der Waals surface area contributed by atoms with Crippen LogP contribution in [0.5, 0.6) is 0 Å². The molecule has 2 aliphatic rings. The fraction of sp³-hybridized carbons (Fsp3) is 0.846. The van der Waals surface area contributed by atoms with Gasteiger partial charge in [0.15, 0.2) is 6.73 Å². The second-order valence-corrected chi connectivity index (χ2v) is 5.02. The zero-order valence-corrected chi connectivity index (χ0v) is 10.5. The molecule has 0 bridgehead atoms. The van der Waals surface area contributed by atoms with Crippen LogP contribution in [0.25, 0.3) is 0 Å². The van der Waals surface area contributed by atoms with Gasteiger partial charge in [0.25, 0.3) is 0 Å². The minimum atomic E-state index is -0.197. The predicted molar refractivity (Wildman–Crippen MR) is 63.1 cm³/mol. The Morgan fingerprint density at radius 3 is 2.88 bits per heavy atom. The molecule has 0 unspecified atom stereocenters. The van der Waals surface area contributed by atoms with Gasteiger partial charge >= 0.3 is 5.97 Å². The Morgan fingerprint density at radius 1 is 1.35 bits per heavy atom. The van der Waals surface area contributed by atoms with Gasteiger partial charge in [0.2, 0.25) is 5.91 Å². The van der Waals surface area contributed by atoms with Crippen LogP contribution >= 0.6 is 0 Å². The summed E-state index contributed by atoms with van der Waals surface area (Å²) in [7, 11) is 0. The summed E-state index contributed by atoms with van der Waals surface area (Å²) in [6.45, 7) is 2.11. The molecule has 4 nitrogen and oxygen atoms in total. The van der Waals surface area contributed by atoms with Crippen LogP contribution in [0.4, 0.5) is 0 Å². The smallest absolute Gasteiger partial charge is 0.307 e. The van der Waals surface area contributed by atoms with E-state index in [1.165, 1.54) is 12.8 Å². The SMILES string of the molecule is CCCC(=O)OCN1C(=O)[C@@H]2CCCCC[C@@H]21. The molecule has 0 spiro atoms. The highest BCUT2D eigenvalue weighted by Crippen LogP contribution is 2.36. The number of β-lactam (4-membered cyclic amide) rings is 1. The van der Waals surface area contributed by atoms with E-state index in [4.69, 9.17) is 4.74 Å². The molecule has 4 heteroatoms. The van der Waals surface area contributed by atoms with Crippen molar-refractivity contribution in [3.8, 4) is 0 Å². The first-order valence-corrected chi connectivity index (χ1v) is 6.70. The Hall–Kier alpha value is -1.06. The molecule has 1 aliphatic carbocycles. The zero-order chi connectivity index (χ0) is 12.3. The molecule has 1 aliphatic heterocycles. The number of fused-ring (bicyclic) bond motifs is 1. The number of amides is 1. The van der Waals surface area contributed by atoms with E-state index in [1.807, 2.05) is 6.92 Å². The summed E-state index contributed by atoms with van der Waals surface area (Å²) in [5, 5.41) is 0. The number of rotatable bonds is 4. The molecule has 96 valence electrons. The highest BCUT2D eigenvalue weighted by Gasteiger charge is 2.47. The highest BCUT2D eigenvalue weighted by molar-refractivity contribution is 5.86. The van der Waals surface area contributed by atoms with Crippen LogP contribution in [-0.2, 0) is 14.3 Å². The van der Waals surface area contributed by atoms with Crippen molar-refractivity contribution >= 4 is 11.9 Å². The van der Waals surface area contributed by atoms with Crippen molar-refractivity contribution < 1.29 is 14.3 Å². The molecule has 2 atom stereocenters. The maximum Gasteiger partial charge on any atom is 0.307 e. The Morgan fingerprint density at radius 2 is 2.12 bits per heavy atom. The number of hydrogen-bond donors (Lipinski definition) is 0. The molecule has 2 rings (SSSR count). The van der Waals surface area contributed by atoms with Gasteiger partial charge < -0.3 is 9.64 Å². The Bertz CT molecular complexity index is 303. The molecule has 0 radical (unpaired) electrons. The molecule has 1 saturated heterocycles. The summed E-state index contributed by atoms with van der Waals surface area (Å²) in [4.78, 5) is 24.9. The van der Waals surface area contributed by atoms with Gasteiger partial charge in [0.1, 0.15) is 0 Å². The van der Waals surface area contributed by atoms with Crippen molar-refractivity contribution in [2.24, 2.45) is 5.92 Å². The molecule has 1 saturated carbocycles. The second-order valence-electron chi connectivity index (χ2n) is 5.02. The first-order valence-electron chi connectivity index (χ1n) is 6.70. The van der Waals surface area contributed by atoms with Gasteiger partial charge in [-0.3, -0.25) is 9.59 Å². The molecule has 0 aromatic heterocycles. The van der Waals surface area contributed by atoms with Crippen molar-refractivity contribution in [1.29, 1.82) is 0 Å². The molecule has 0 aromatic rings. The first kappa shape index (κ1) is 12.4.